The summed E-state index contributed by atoms with van der Waals surface area (Å²) >= 11 is 0. The van der Waals surface area contributed by atoms with Crippen LogP contribution in [-0.2, 0) is 0 Å². The van der Waals surface area contributed by atoms with Crippen molar-refractivity contribution in [3.8, 4) is 0 Å². The molecular weight excluding hydrogens is 136 g/mol. The summed E-state index contributed by atoms with van der Waals surface area (Å²) in [5.74, 6) is 0.764. The van der Waals surface area contributed by atoms with Crippen molar-refractivity contribution in [3.05, 3.63) is 0 Å². The topological polar surface area (TPSA) is 15.3 Å². The average Bonchev–Trinajstić information content (AvgIpc) is 1.85. The predicted molar refractivity (Wildman–Crippen MR) is 48.7 cm³/mol. The standard InChI is InChI=1S/C9H20N2/c1-7(2)9-5-10-8(3)6-11(9)4/h7-10H,5-6H2,1-4H3. The number of likely N-dealkylation sites (N-methyl/N-ethyl adjacent to an activating group) is 1. The van der Waals surface area contributed by atoms with Crippen molar-refractivity contribution in [2.24, 2.45) is 5.92 Å². The van der Waals surface area contributed by atoms with Crippen LogP contribution in [0.4, 0.5) is 0 Å². The maximum absolute atomic E-state index is 3.50. The summed E-state index contributed by atoms with van der Waals surface area (Å²) in [7, 11) is 2.22. The highest BCUT2D eigenvalue weighted by Gasteiger charge is 2.24. The second kappa shape index (κ2) is 3.55. The van der Waals surface area contributed by atoms with Gasteiger partial charge in [-0.05, 0) is 19.9 Å². The maximum atomic E-state index is 3.50. The fourth-order valence-electron chi connectivity index (χ4n) is 1.85. The van der Waals surface area contributed by atoms with Gasteiger partial charge in [0, 0.05) is 25.2 Å². The van der Waals surface area contributed by atoms with E-state index in [1.807, 2.05) is 0 Å². The highest BCUT2D eigenvalue weighted by molar-refractivity contribution is 4.83. The van der Waals surface area contributed by atoms with Crippen LogP contribution in [0.3, 0.4) is 0 Å². The molecule has 2 unspecified atom stereocenters. The lowest BCUT2D eigenvalue weighted by molar-refractivity contribution is 0.133. The fourth-order valence-corrected chi connectivity index (χ4v) is 1.85. The maximum Gasteiger partial charge on any atom is 0.0241 e. The van der Waals surface area contributed by atoms with Gasteiger partial charge in [0.2, 0.25) is 0 Å². The molecule has 0 aromatic heterocycles. The van der Waals surface area contributed by atoms with Crippen molar-refractivity contribution >= 4 is 0 Å². The second-order valence-electron chi connectivity index (χ2n) is 4.06. The molecule has 0 spiro atoms. The first-order chi connectivity index (χ1) is 5.11. The molecule has 0 saturated carbocycles. The SMILES string of the molecule is CC1CN(C)C(C(C)C)CN1. The van der Waals surface area contributed by atoms with E-state index in [-0.39, 0.29) is 0 Å². The van der Waals surface area contributed by atoms with Gasteiger partial charge in [0.1, 0.15) is 0 Å². The Bertz CT molecular complexity index is 123. The van der Waals surface area contributed by atoms with Gasteiger partial charge < -0.3 is 10.2 Å². The molecule has 0 radical (unpaired) electrons. The van der Waals surface area contributed by atoms with Gasteiger partial charge in [0.25, 0.3) is 0 Å². The number of hydrogen-bond donors (Lipinski definition) is 1. The monoisotopic (exact) mass is 156 g/mol. The van der Waals surface area contributed by atoms with Crippen LogP contribution in [0.5, 0.6) is 0 Å². The van der Waals surface area contributed by atoms with Crippen molar-refractivity contribution in [2.75, 3.05) is 20.1 Å². The van der Waals surface area contributed by atoms with Crippen molar-refractivity contribution in [1.82, 2.24) is 10.2 Å². The third-order valence-corrected chi connectivity index (χ3v) is 2.57. The summed E-state index contributed by atoms with van der Waals surface area (Å²) in [6, 6.07) is 1.39. The smallest absolute Gasteiger partial charge is 0.0241 e. The van der Waals surface area contributed by atoms with Crippen LogP contribution in [0, 0.1) is 5.92 Å². The number of piperazine rings is 1. The summed E-state index contributed by atoms with van der Waals surface area (Å²) in [6.45, 7) is 9.16. The Morgan fingerprint density at radius 2 is 2.09 bits per heavy atom. The Morgan fingerprint density at radius 3 is 2.55 bits per heavy atom. The zero-order chi connectivity index (χ0) is 8.43. The molecule has 2 nitrogen and oxygen atoms in total. The van der Waals surface area contributed by atoms with Crippen LogP contribution in [0.2, 0.25) is 0 Å². The summed E-state index contributed by atoms with van der Waals surface area (Å²) in [4.78, 5) is 2.46. The summed E-state index contributed by atoms with van der Waals surface area (Å²) < 4.78 is 0. The van der Waals surface area contributed by atoms with Gasteiger partial charge in [0.15, 0.2) is 0 Å². The first-order valence-corrected chi connectivity index (χ1v) is 4.55. The molecule has 1 aliphatic rings. The van der Waals surface area contributed by atoms with E-state index >= 15 is 0 Å². The van der Waals surface area contributed by atoms with Crippen LogP contribution in [0.1, 0.15) is 20.8 Å². The predicted octanol–water partition coefficient (Wildman–Crippen LogP) is 0.934. The first kappa shape index (κ1) is 9.01. The lowest BCUT2D eigenvalue weighted by Gasteiger charge is -2.39. The normalized spacial score (nSPS) is 34.6. The summed E-state index contributed by atoms with van der Waals surface area (Å²) in [5, 5.41) is 3.50. The van der Waals surface area contributed by atoms with Crippen LogP contribution in [0.25, 0.3) is 0 Å². The van der Waals surface area contributed by atoms with Gasteiger partial charge in [-0.15, -0.1) is 0 Å². The zero-order valence-corrected chi connectivity index (χ0v) is 8.09. The molecule has 0 aromatic carbocycles. The van der Waals surface area contributed by atoms with Crippen molar-refractivity contribution in [1.29, 1.82) is 0 Å². The molecule has 0 amide bonds. The van der Waals surface area contributed by atoms with Gasteiger partial charge in [0.05, 0.1) is 0 Å². The molecule has 1 saturated heterocycles. The van der Waals surface area contributed by atoms with E-state index in [1.165, 1.54) is 6.54 Å². The molecule has 66 valence electrons. The quantitative estimate of drug-likeness (QED) is 0.607. The molecule has 1 N–H and O–H groups in total. The Labute approximate surface area is 70.0 Å². The Hall–Kier alpha value is -0.0800. The average molecular weight is 156 g/mol. The molecule has 1 heterocycles. The number of hydrogen-bond acceptors (Lipinski definition) is 2. The molecule has 1 fully saturated rings. The van der Waals surface area contributed by atoms with Gasteiger partial charge in [-0.1, -0.05) is 13.8 Å². The van der Waals surface area contributed by atoms with Gasteiger partial charge in [-0.3, -0.25) is 0 Å². The van der Waals surface area contributed by atoms with E-state index < -0.39 is 0 Å². The minimum atomic E-state index is 0.662. The third-order valence-electron chi connectivity index (χ3n) is 2.57. The molecule has 2 heteroatoms. The summed E-state index contributed by atoms with van der Waals surface area (Å²) in [6.07, 6.45) is 0. The van der Waals surface area contributed by atoms with E-state index in [0.29, 0.717) is 6.04 Å². The molecule has 2 atom stereocenters. The van der Waals surface area contributed by atoms with Crippen LogP contribution in [-0.4, -0.2) is 37.1 Å². The number of nitrogens with zero attached hydrogens (tertiary/aromatic N) is 1. The van der Waals surface area contributed by atoms with Crippen LogP contribution < -0.4 is 5.32 Å². The van der Waals surface area contributed by atoms with Gasteiger partial charge in [-0.2, -0.15) is 0 Å². The molecular formula is C9H20N2. The Morgan fingerprint density at radius 1 is 1.45 bits per heavy atom. The lowest BCUT2D eigenvalue weighted by Crippen LogP contribution is -2.55. The van der Waals surface area contributed by atoms with E-state index in [1.54, 1.807) is 0 Å². The molecule has 11 heavy (non-hydrogen) atoms. The van der Waals surface area contributed by atoms with E-state index in [2.05, 4.69) is 38.0 Å². The van der Waals surface area contributed by atoms with Gasteiger partial charge in [-0.25, -0.2) is 0 Å². The van der Waals surface area contributed by atoms with Crippen molar-refractivity contribution in [2.45, 2.75) is 32.9 Å². The highest BCUT2D eigenvalue weighted by Crippen LogP contribution is 2.12. The molecule has 0 aliphatic carbocycles. The zero-order valence-electron chi connectivity index (χ0n) is 8.09. The molecule has 0 aromatic rings. The first-order valence-electron chi connectivity index (χ1n) is 4.55. The van der Waals surface area contributed by atoms with Crippen LogP contribution in [0.15, 0.2) is 0 Å². The third kappa shape index (κ3) is 2.17. The molecule has 1 aliphatic heterocycles. The van der Waals surface area contributed by atoms with Crippen molar-refractivity contribution < 1.29 is 0 Å². The van der Waals surface area contributed by atoms with Gasteiger partial charge >= 0.3 is 0 Å². The molecule has 1 rings (SSSR count). The Kier molecular flexibility index (Phi) is 2.90. The largest absolute Gasteiger partial charge is 0.311 e. The van der Waals surface area contributed by atoms with E-state index in [0.717, 1.165) is 18.5 Å². The van der Waals surface area contributed by atoms with E-state index in [4.69, 9.17) is 0 Å². The van der Waals surface area contributed by atoms with Crippen LogP contribution >= 0.6 is 0 Å². The second-order valence-corrected chi connectivity index (χ2v) is 4.06. The number of rotatable bonds is 1. The fraction of sp³-hybridized carbons (Fsp3) is 1.00. The highest BCUT2D eigenvalue weighted by atomic mass is 15.2. The minimum absolute atomic E-state index is 0.662. The minimum Gasteiger partial charge on any atom is -0.311 e. The van der Waals surface area contributed by atoms with Crippen molar-refractivity contribution in [3.63, 3.8) is 0 Å². The Balaban J connectivity index is 2.44. The number of nitrogens with one attached hydrogen (secondary N) is 1. The molecule has 0 bridgehead atoms. The van der Waals surface area contributed by atoms with E-state index in [9.17, 15) is 0 Å². The lowest BCUT2D eigenvalue weighted by atomic mass is 10.00. The summed E-state index contributed by atoms with van der Waals surface area (Å²) in [5.41, 5.74) is 0.